The van der Waals surface area contributed by atoms with Crippen LogP contribution in [0.3, 0.4) is 0 Å². The number of ether oxygens (including phenoxy) is 3. The molecule has 2 N–H and O–H groups in total. The Balaban J connectivity index is 1.68. The number of para-hydroxylation sites is 1. The minimum Gasteiger partial charge on any atom is -0.493 e. The van der Waals surface area contributed by atoms with E-state index in [1.54, 1.807) is 5.48 Å². The molecule has 0 spiro atoms. The van der Waals surface area contributed by atoms with Gasteiger partial charge in [0.25, 0.3) is 0 Å². The molecule has 0 saturated heterocycles. The fourth-order valence-corrected chi connectivity index (χ4v) is 5.69. The molecule has 3 aromatic carbocycles. The number of carbonyl (C=O) groups is 1. The fourth-order valence-electron chi connectivity index (χ4n) is 3.93. The highest BCUT2D eigenvalue weighted by Gasteiger charge is 2.30. The van der Waals surface area contributed by atoms with Gasteiger partial charge < -0.3 is 14.2 Å². The number of amides is 1. The van der Waals surface area contributed by atoms with Crippen molar-refractivity contribution in [3.63, 3.8) is 0 Å². The number of carbonyl (C=O) groups excluding carboxylic acids is 1. The third kappa shape index (κ3) is 8.51. The zero-order chi connectivity index (χ0) is 26.5. The molecule has 1 atom stereocenters. The largest absolute Gasteiger partial charge is 0.493 e. The number of methoxy groups -OCH3 is 1. The van der Waals surface area contributed by atoms with E-state index in [0.29, 0.717) is 17.9 Å². The number of benzene rings is 3. The quantitative estimate of drug-likeness (QED) is 0.169. The predicted octanol–water partition coefficient (Wildman–Crippen LogP) is 4.60. The predicted molar refractivity (Wildman–Crippen MR) is 140 cm³/mol. The summed E-state index contributed by atoms with van der Waals surface area (Å²) in [5, 5.41) is 8.01. The van der Waals surface area contributed by atoms with Crippen LogP contribution in [0.5, 0.6) is 17.2 Å². The van der Waals surface area contributed by atoms with Gasteiger partial charge in [0.2, 0.25) is 5.91 Å². The molecule has 3 rings (SSSR count). The van der Waals surface area contributed by atoms with E-state index < -0.39 is 21.0 Å². The average Bonchev–Trinajstić information content (AvgIpc) is 2.93. The first-order valence-corrected chi connectivity index (χ1v) is 13.7. The van der Waals surface area contributed by atoms with Crippen molar-refractivity contribution in [3.05, 3.63) is 84.4 Å². The molecule has 0 aliphatic rings. The Morgan fingerprint density at radius 1 is 0.892 bits per heavy atom. The first-order chi connectivity index (χ1) is 17.9. The molecule has 0 heterocycles. The van der Waals surface area contributed by atoms with Crippen LogP contribution in [0, 0.1) is 0 Å². The molecule has 0 saturated carbocycles. The molecule has 1 amide bonds. The molecular weight excluding hydrogens is 494 g/mol. The molecule has 0 aliphatic heterocycles. The molecule has 1 unspecified atom stereocenters. The Labute approximate surface area is 218 Å². The molecule has 9 heteroatoms. The van der Waals surface area contributed by atoms with Gasteiger partial charge in [0.1, 0.15) is 19.0 Å². The minimum atomic E-state index is -3.91. The summed E-state index contributed by atoms with van der Waals surface area (Å²) in [7, 11) is -2.44. The number of sulfone groups is 1. The van der Waals surface area contributed by atoms with Gasteiger partial charge in [0, 0.05) is 12.5 Å². The maximum absolute atomic E-state index is 13.5. The van der Waals surface area contributed by atoms with E-state index in [-0.39, 0.29) is 36.7 Å². The smallest absolute Gasteiger partial charge is 0.244 e. The summed E-state index contributed by atoms with van der Waals surface area (Å²) in [5.41, 5.74) is 2.72. The summed E-state index contributed by atoms with van der Waals surface area (Å²) in [4.78, 5) is 11.9. The molecule has 198 valence electrons. The highest BCUT2D eigenvalue weighted by atomic mass is 32.2. The van der Waals surface area contributed by atoms with E-state index in [1.807, 2.05) is 60.7 Å². The zero-order valence-electron chi connectivity index (χ0n) is 20.8. The lowest BCUT2D eigenvalue weighted by Crippen LogP contribution is -2.30. The van der Waals surface area contributed by atoms with Crippen LogP contribution in [0.2, 0.25) is 0 Å². The summed E-state index contributed by atoms with van der Waals surface area (Å²) in [6.07, 6.45) is 2.11. The molecule has 0 bridgehead atoms. The number of unbranched alkanes of at least 4 members (excludes halogenated alkanes) is 1. The second kappa shape index (κ2) is 14.2. The second-order valence-corrected chi connectivity index (χ2v) is 10.7. The van der Waals surface area contributed by atoms with Crippen LogP contribution >= 0.6 is 0 Å². The van der Waals surface area contributed by atoms with Gasteiger partial charge in [0.15, 0.2) is 21.3 Å². The molecule has 0 fully saturated rings. The summed E-state index contributed by atoms with van der Waals surface area (Å²) in [6.45, 7) is 0.426. The van der Waals surface area contributed by atoms with Crippen LogP contribution in [-0.4, -0.2) is 45.1 Å². The van der Waals surface area contributed by atoms with Crippen molar-refractivity contribution in [2.75, 3.05) is 20.3 Å². The topological polar surface area (TPSA) is 111 Å². The lowest BCUT2D eigenvalue weighted by molar-refractivity contribution is -0.129. The maximum atomic E-state index is 13.5. The van der Waals surface area contributed by atoms with E-state index in [2.05, 4.69) is 0 Å². The van der Waals surface area contributed by atoms with Gasteiger partial charge in [-0.05, 0) is 49.1 Å². The Morgan fingerprint density at radius 2 is 1.57 bits per heavy atom. The van der Waals surface area contributed by atoms with Crippen LogP contribution in [0.25, 0.3) is 0 Å². The summed E-state index contributed by atoms with van der Waals surface area (Å²) < 4.78 is 43.8. The molecule has 8 nitrogen and oxygen atoms in total. The van der Waals surface area contributed by atoms with Crippen molar-refractivity contribution in [1.82, 2.24) is 5.48 Å². The Kier molecular flexibility index (Phi) is 10.8. The van der Waals surface area contributed by atoms with Crippen LogP contribution in [-0.2, 0) is 21.1 Å². The number of hydrogen-bond acceptors (Lipinski definition) is 7. The molecule has 0 aliphatic carbocycles. The fraction of sp³-hybridized carbons (Fsp3) is 0.321. The Bertz CT molecular complexity index is 1220. The van der Waals surface area contributed by atoms with Gasteiger partial charge >= 0.3 is 0 Å². The minimum absolute atomic E-state index is 0.0195. The number of hydrogen-bond donors (Lipinski definition) is 2. The third-order valence-electron chi connectivity index (χ3n) is 5.88. The number of rotatable bonds is 15. The van der Waals surface area contributed by atoms with Crippen molar-refractivity contribution < 1.29 is 32.6 Å². The van der Waals surface area contributed by atoms with Gasteiger partial charge in [-0.25, -0.2) is 13.9 Å². The Hall–Kier alpha value is -3.56. The highest BCUT2D eigenvalue weighted by molar-refractivity contribution is 7.92. The van der Waals surface area contributed by atoms with Crippen molar-refractivity contribution in [1.29, 1.82) is 0 Å². The van der Waals surface area contributed by atoms with E-state index in [4.69, 9.17) is 19.4 Å². The number of hydroxylamine groups is 1. The average molecular weight is 528 g/mol. The van der Waals surface area contributed by atoms with Gasteiger partial charge in [-0.15, -0.1) is 0 Å². The second-order valence-electron chi connectivity index (χ2n) is 8.46. The highest BCUT2D eigenvalue weighted by Crippen LogP contribution is 2.33. The molecule has 0 aromatic heterocycles. The van der Waals surface area contributed by atoms with Crippen LogP contribution in [0.4, 0.5) is 0 Å². The third-order valence-corrected chi connectivity index (χ3v) is 8.07. The van der Waals surface area contributed by atoms with Crippen LogP contribution < -0.4 is 19.7 Å². The van der Waals surface area contributed by atoms with E-state index in [1.165, 1.54) is 30.9 Å². The number of nitrogens with one attached hydrogen (secondary N) is 1. The summed E-state index contributed by atoms with van der Waals surface area (Å²) in [6, 6.07) is 23.6. The standard InChI is InChI=1S/C28H33NO7S/c1-34-26-17-16-25(20-27(26)36-19-18-35-23-13-6-3-7-14-23)37(32,33)24(21-28(30)29-31)15-9-8-12-22-10-4-2-5-11-22/h2-7,10-11,13-14,16-17,20,24,31H,8-9,12,15,18-19,21H2,1H3,(H,29,30). The van der Waals surface area contributed by atoms with Crippen molar-refractivity contribution in [3.8, 4) is 17.2 Å². The van der Waals surface area contributed by atoms with Crippen molar-refractivity contribution in [2.45, 2.75) is 42.2 Å². The molecule has 3 aromatic rings. The van der Waals surface area contributed by atoms with Gasteiger partial charge in [-0.2, -0.15) is 0 Å². The lowest BCUT2D eigenvalue weighted by Gasteiger charge is -2.18. The van der Waals surface area contributed by atoms with Crippen LogP contribution in [0.15, 0.2) is 83.8 Å². The first-order valence-electron chi connectivity index (χ1n) is 12.1. The molecule has 0 radical (unpaired) electrons. The van der Waals surface area contributed by atoms with Crippen LogP contribution in [0.1, 0.15) is 31.2 Å². The molecular formula is C28H33NO7S. The van der Waals surface area contributed by atoms with Gasteiger partial charge in [0.05, 0.1) is 17.3 Å². The zero-order valence-corrected chi connectivity index (χ0v) is 21.7. The summed E-state index contributed by atoms with van der Waals surface area (Å²) in [5.74, 6) is 0.590. The number of aryl methyl sites for hydroxylation is 1. The van der Waals surface area contributed by atoms with E-state index >= 15 is 0 Å². The van der Waals surface area contributed by atoms with E-state index in [0.717, 1.165) is 12.8 Å². The van der Waals surface area contributed by atoms with Gasteiger partial charge in [-0.1, -0.05) is 55.0 Å². The SMILES string of the molecule is COc1ccc(S(=O)(=O)C(CCCCc2ccccc2)CC(=O)NO)cc1OCCOc1ccccc1. The Morgan fingerprint density at radius 3 is 2.24 bits per heavy atom. The summed E-state index contributed by atoms with van der Waals surface area (Å²) >= 11 is 0. The van der Waals surface area contributed by atoms with Crippen molar-refractivity contribution >= 4 is 15.7 Å². The van der Waals surface area contributed by atoms with Crippen molar-refractivity contribution in [2.24, 2.45) is 0 Å². The molecule has 37 heavy (non-hydrogen) atoms. The normalized spacial score (nSPS) is 11.9. The maximum Gasteiger partial charge on any atom is 0.244 e. The van der Waals surface area contributed by atoms with Gasteiger partial charge in [-0.3, -0.25) is 10.0 Å². The lowest BCUT2D eigenvalue weighted by atomic mass is 10.1. The monoisotopic (exact) mass is 527 g/mol. The van der Waals surface area contributed by atoms with E-state index in [9.17, 15) is 13.2 Å². The first kappa shape index (κ1) is 28.0.